The highest BCUT2D eigenvalue weighted by molar-refractivity contribution is 7.99. The minimum atomic E-state index is -1.03. The fraction of sp³-hybridized carbons (Fsp3) is 0.182. The molecule has 18 heavy (non-hydrogen) atoms. The third kappa shape index (κ3) is 2.80. The molecule has 0 radical (unpaired) electrons. The molecule has 0 aliphatic heterocycles. The third-order valence-corrected chi connectivity index (χ3v) is 2.90. The first kappa shape index (κ1) is 12.4. The van der Waals surface area contributed by atoms with E-state index in [0.29, 0.717) is 16.0 Å². The summed E-state index contributed by atoms with van der Waals surface area (Å²) in [5.41, 5.74) is 1.38. The van der Waals surface area contributed by atoms with Gasteiger partial charge >= 0.3 is 5.97 Å². The fourth-order valence-electron chi connectivity index (χ4n) is 1.26. The van der Waals surface area contributed by atoms with Gasteiger partial charge in [0.1, 0.15) is 0 Å². The van der Waals surface area contributed by atoms with Gasteiger partial charge in [0.25, 0.3) is 0 Å². The Kier molecular flexibility index (Phi) is 3.52. The van der Waals surface area contributed by atoms with E-state index in [1.807, 2.05) is 6.92 Å². The molecule has 0 unspecified atom stereocenters. The number of carboxylic acids is 1. The van der Waals surface area contributed by atoms with Gasteiger partial charge in [-0.05, 0) is 31.7 Å². The zero-order valence-corrected chi connectivity index (χ0v) is 10.6. The van der Waals surface area contributed by atoms with Gasteiger partial charge in [-0.1, -0.05) is 0 Å². The third-order valence-electron chi connectivity index (χ3n) is 2.14. The van der Waals surface area contributed by atoms with Crippen LogP contribution >= 0.6 is 11.8 Å². The molecule has 2 rings (SSSR count). The molecule has 2 aromatic rings. The summed E-state index contributed by atoms with van der Waals surface area (Å²) in [6.07, 6.45) is 2.95. The van der Waals surface area contributed by atoms with Crippen molar-refractivity contribution in [2.45, 2.75) is 24.2 Å². The van der Waals surface area contributed by atoms with Crippen molar-refractivity contribution in [1.82, 2.24) is 19.9 Å². The number of aryl methyl sites for hydroxylation is 2. The first-order chi connectivity index (χ1) is 8.56. The molecule has 7 heteroatoms. The number of hydrogen-bond acceptors (Lipinski definition) is 6. The van der Waals surface area contributed by atoms with E-state index >= 15 is 0 Å². The van der Waals surface area contributed by atoms with Gasteiger partial charge in [-0.15, -0.1) is 0 Å². The molecule has 0 spiro atoms. The Balaban J connectivity index is 2.25. The van der Waals surface area contributed by atoms with Crippen molar-refractivity contribution in [1.29, 1.82) is 0 Å². The molecule has 1 N–H and O–H groups in total. The van der Waals surface area contributed by atoms with Crippen LogP contribution in [-0.2, 0) is 0 Å². The number of nitrogens with zero attached hydrogens (tertiary/aromatic N) is 4. The van der Waals surface area contributed by atoms with E-state index in [1.54, 1.807) is 19.2 Å². The molecule has 0 bridgehead atoms. The summed E-state index contributed by atoms with van der Waals surface area (Å²) in [6.45, 7) is 3.50. The van der Waals surface area contributed by atoms with Crippen LogP contribution in [0.15, 0.2) is 28.8 Å². The van der Waals surface area contributed by atoms with Crippen LogP contribution in [-0.4, -0.2) is 31.0 Å². The average molecular weight is 262 g/mol. The van der Waals surface area contributed by atoms with Crippen LogP contribution in [0.1, 0.15) is 21.7 Å². The molecule has 6 nitrogen and oxygen atoms in total. The van der Waals surface area contributed by atoms with Gasteiger partial charge in [0, 0.05) is 18.1 Å². The minimum Gasteiger partial charge on any atom is -0.478 e. The van der Waals surface area contributed by atoms with Crippen molar-refractivity contribution in [2.24, 2.45) is 0 Å². The Bertz CT molecular complexity index is 603. The zero-order valence-electron chi connectivity index (χ0n) is 9.78. The lowest BCUT2D eigenvalue weighted by Gasteiger charge is -2.02. The summed E-state index contributed by atoms with van der Waals surface area (Å²) in [5.74, 6) is -1.03. The standard InChI is InChI=1S/C11H10N4O2S/c1-6-3-4-12-10(14-6)18-11-13-5-8(9(16)17)7(2)15-11/h3-5H,1-2H3,(H,16,17). The number of rotatable bonds is 3. The van der Waals surface area contributed by atoms with Crippen molar-refractivity contribution < 1.29 is 9.90 Å². The van der Waals surface area contributed by atoms with Crippen LogP contribution in [0.3, 0.4) is 0 Å². The second-order valence-corrected chi connectivity index (χ2v) is 4.47. The van der Waals surface area contributed by atoms with Crippen LogP contribution in [0.2, 0.25) is 0 Å². The normalized spacial score (nSPS) is 10.3. The molecule has 2 heterocycles. The Labute approximate surface area is 108 Å². The smallest absolute Gasteiger partial charge is 0.339 e. The summed E-state index contributed by atoms with van der Waals surface area (Å²) in [4.78, 5) is 27.2. The number of aromatic nitrogens is 4. The molecule has 0 saturated heterocycles. The van der Waals surface area contributed by atoms with Crippen LogP contribution in [0, 0.1) is 13.8 Å². The SMILES string of the molecule is Cc1ccnc(Sc2ncc(C(=O)O)c(C)n2)n1. The van der Waals surface area contributed by atoms with E-state index in [1.165, 1.54) is 18.0 Å². The molecule has 0 aromatic carbocycles. The monoisotopic (exact) mass is 262 g/mol. The predicted molar refractivity (Wildman–Crippen MR) is 64.6 cm³/mol. The van der Waals surface area contributed by atoms with E-state index in [4.69, 9.17) is 5.11 Å². The quantitative estimate of drug-likeness (QED) is 0.842. The average Bonchev–Trinajstić information content (AvgIpc) is 2.28. The Morgan fingerprint density at radius 3 is 2.56 bits per heavy atom. The molecular weight excluding hydrogens is 252 g/mol. The number of carboxylic acid groups (broad SMARTS) is 1. The van der Waals surface area contributed by atoms with Crippen LogP contribution in [0.4, 0.5) is 0 Å². The molecule has 2 aromatic heterocycles. The van der Waals surface area contributed by atoms with Gasteiger partial charge in [-0.2, -0.15) is 0 Å². The van der Waals surface area contributed by atoms with Crippen molar-refractivity contribution in [3.05, 3.63) is 35.4 Å². The summed E-state index contributed by atoms with van der Waals surface area (Å²) >= 11 is 1.20. The molecule has 0 aliphatic carbocycles. The first-order valence-corrected chi connectivity index (χ1v) is 5.92. The highest BCUT2D eigenvalue weighted by atomic mass is 32.2. The highest BCUT2D eigenvalue weighted by Gasteiger charge is 2.11. The Morgan fingerprint density at radius 1 is 1.22 bits per heavy atom. The molecule has 0 fully saturated rings. The fourth-order valence-corrected chi connectivity index (χ4v) is 2.02. The number of hydrogen-bond donors (Lipinski definition) is 1. The maximum Gasteiger partial charge on any atom is 0.339 e. The Morgan fingerprint density at radius 2 is 1.94 bits per heavy atom. The van der Waals surface area contributed by atoms with Gasteiger partial charge in [-0.25, -0.2) is 24.7 Å². The van der Waals surface area contributed by atoms with E-state index < -0.39 is 5.97 Å². The van der Waals surface area contributed by atoms with Gasteiger partial charge in [0.15, 0.2) is 10.3 Å². The maximum absolute atomic E-state index is 10.8. The number of carbonyl (C=O) groups is 1. The van der Waals surface area contributed by atoms with Crippen LogP contribution in [0.25, 0.3) is 0 Å². The van der Waals surface area contributed by atoms with Crippen LogP contribution in [0.5, 0.6) is 0 Å². The largest absolute Gasteiger partial charge is 0.478 e. The highest BCUT2D eigenvalue weighted by Crippen LogP contribution is 2.21. The molecule has 0 atom stereocenters. The summed E-state index contributed by atoms with van der Waals surface area (Å²) in [5, 5.41) is 9.84. The molecule has 0 amide bonds. The molecule has 0 saturated carbocycles. The van der Waals surface area contributed by atoms with Crippen molar-refractivity contribution in [2.75, 3.05) is 0 Å². The van der Waals surface area contributed by atoms with Gasteiger partial charge in [0.2, 0.25) is 0 Å². The second-order valence-electron chi connectivity index (χ2n) is 3.54. The second kappa shape index (κ2) is 5.09. The van der Waals surface area contributed by atoms with Gasteiger partial charge < -0.3 is 5.11 Å². The molecule has 92 valence electrons. The lowest BCUT2D eigenvalue weighted by molar-refractivity contribution is 0.0695. The van der Waals surface area contributed by atoms with Crippen molar-refractivity contribution in [3.8, 4) is 0 Å². The van der Waals surface area contributed by atoms with Crippen molar-refractivity contribution in [3.63, 3.8) is 0 Å². The van der Waals surface area contributed by atoms with Gasteiger partial charge in [-0.3, -0.25) is 0 Å². The Hall–Kier alpha value is -2.02. The zero-order chi connectivity index (χ0) is 13.1. The summed E-state index contributed by atoms with van der Waals surface area (Å²) in [7, 11) is 0. The lowest BCUT2D eigenvalue weighted by atomic mass is 10.2. The van der Waals surface area contributed by atoms with Crippen molar-refractivity contribution >= 4 is 17.7 Å². The summed E-state index contributed by atoms with van der Waals surface area (Å²) < 4.78 is 0. The maximum atomic E-state index is 10.8. The predicted octanol–water partition coefficient (Wildman–Crippen LogP) is 1.73. The van der Waals surface area contributed by atoms with E-state index in [9.17, 15) is 4.79 Å². The van der Waals surface area contributed by atoms with E-state index in [0.717, 1.165) is 5.69 Å². The number of aromatic carboxylic acids is 1. The lowest BCUT2D eigenvalue weighted by Crippen LogP contribution is -2.04. The first-order valence-electron chi connectivity index (χ1n) is 5.10. The van der Waals surface area contributed by atoms with Crippen LogP contribution < -0.4 is 0 Å². The van der Waals surface area contributed by atoms with E-state index in [2.05, 4.69) is 19.9 Å². The molecular formula is C11H10N4O2S. The van der Waals surface area contributed by atoms with E-state index in [-0.39, 0.29) is 5.56 Å². The van der Waals surface area contributed by atoms with Gasteiger partial charge in [0.05, 0.1) is 11.3 Å². The minimum absolute atomic E-state index is 0.101. The topological polar surface area (TPSA) is 88.9 Å². The molecule has 0 aliphatic rings. The summed E-state index contributed by atoms with van der Waals surface area (Å²) in [6, 6.07) is 1.80.